The van der Waals surface area contributed by atoms with E-state index >= 15 is 0 Å². The largest absolute Gasteiger partial charge is 0.357 e. The number of H-pyrrole nitrogens is 1. The molecule has 3 rings (SSSR count). The smallest absolute Gasteiger partial charge is 0.259 e. The van der Waals surface area contributed by atoms with Gasteiger partial charge in [-0.3, -0.25) is 9.59 Å². The number of carbonyl (C=O) groups excluding carboxylic acids is 1. The van der Waals surface area contributed by atoms with E-state index in [-0.39, 0.29) is 16.7 Å². The Bertz CT molecular complexity index is 1090. The summed E-state index contributed by atoms with van der Waals surface area (Å²) in [5, 5.41) is 3.26. The number of rotatable bonds is 8. The van der Waals surface area contributed by atoms with Crippen LogP contribution < -0.4 is 15.8 Å². The summed E-state index contributed by atoms with van der Waals surface area (Å²) in [5.74, 6) is 1.83. The molecule has 3 heterocycles. The molecular weight excluding hydrogens is 418 g/mol. The zero-order chi connectivity index (χ0) is 21.8. The third kappa shape index (κ3) is 4.84. The van der Waals surface area contributed by atoms with Gasteiger partial charge in [0, 0.05) is 18.0 Å². The van der Waals surface area contributed by atoms with Crippen LogP contribution in [-0.2, 0) is 10.5 Å². The predicted octanol–water partition coefficient (Wildman–Crippen LogP) is 4.10. The van der Waals surface area contributed by atoms with Gasteiger partial charge in [-0.25, -0.2) is 9.97 Å². The van der Waals surface area contributed by atoms with Crippen LogP contribution >= 0.6 is 23.1 Å². The Morgan fingerprint density at radius 3 is 2.67 bits per heavy atom. The molecule has 0 saturated carbocycles. The van der Waals surface area contributed by atoms with E-state index in [9.17, 15) is 9.59 Å². The number of thiophene rings is 1. The first-order valence-electron chi connectivity index (χ1n) is 9.96. The molecule has 9 heteroatoms. The van der Waals surface area contributed by atoms with Crippen molar-refractivity contribution in [2.24, 2.45) is 0 Å². The van der Waals surface area contributed by atoms with Crippen molar-refractivity contribution < 1.29 is 4.79 Å². The third-order valence-corrected chi connectivity index (χ3v) is 7.29. The summed E-state index contributed by atoms with van der Waals surface area (Å²) in [6, 6.07) is 3.78. The van der Waals surface area contributed by atoms with Crippen LogP contribution in [0.5, 0.6) is 0 Å². The molecule has 2 N–H and O–H groups in total. The zero-order valence-corrected chi connectivity index (χ0v) is 19.5. The summed E-state index contributed by atoms with van der Waals surface area (Å²) in [4.78, 5) is 40.8. The van der Waals surface area contributed by atoms with Gasteiger partial charge in [-0.2, -0.15) is 0 Å². The maximum atomic E-state index is 12.5. The first kappa shape index (κ1) is 22.3. The number of amides is 1. The minimum atomic E-state index is -0.305. The van der Waals surface area contributed by atoms with Crippen molar-refractivity contribution in [2.45, 2.75) is 45.6 Å². The molecule has 7 nitrogen and oxygen atoms in total. The van der Waals surface area contributed by atoms with Crippen LogP contribution in [0.1, 0.15) is 37.0 Å². The van der Waals surface area contributed by atoms with Crippen molar-refractivity contribution in [1.82, 2.24) is 15.0 Å². The number of hydrogen-bond donors (Lipinski definition) is 2. The number of aromatic nitrogens is 3. The van der Waals surface area contributed by atoms with Crippen molar-refractivity contribution in [3.63, 3.8) is 0 Å². The number of anilines is 2. The molecule has 0 fully saturated rings. The number of hydrogen-bond acceptors (Lipinski definition) is 7. The number of pyridine rings is 1. The highest BCUT2D eigenvalue weighted by atomic mass is 32.2. The van der Waals surface area contributed by atoms with Crippen LogP contribution in [-0.4, -0.2) is 39.2 Å². The summed E-state index contributed by atoms with van der Waals surface area (Å²) < 4.78 is 0. The molecule has 160 valence electrons. The second-order valence-corrected chi connectivity index (χ2v) is 9.53. The van der Waals surface area contributed by atoms with Crippen LogP contribution in [0.3, 0.4) is 0 Å². The highest BCUT2D eigenvalue weighted by molar-refractivity contribution is 7.99. The van der Waals surface area contributed by atoms with Crippen LogP contribution in [0, 0.1) is 13.8 Å². The monoisotopic (exact) mass is 445 g/mol. The Hall–Kier alpha value is -2.39. The van der Waals surface area contributed by atoms with E-state index in [0.717, 1.165) is 34.2 Å². The van der Waals surface area contributed by atoms with E-state index in [1.165, 1.54) is 23.1 Å². The molecule has 0 spiro atoms. The molecule has 1 atom stereocenters. The lowest BCUT2D eigenvalue weighted by molar-refractivity contribution is -0.115. The summed E-state index contributed by atoms with van der Waals surface area (Å²) in [6.07, 6.45) is 1.68. The molecule has 0 aromatic carbocycles. The van der Waals surface area contributed by atoms with Crippen molar-refractivity contribution in [2.75, 3.05) is 23.3 Å². The first-order valence-corrected chi connectivity index (χ1v) is 11.8. The minimum Gasteiger partial charge on any atom is -0.357 e. The van der Waals surface area contributed by atoms with Crippen LogP contribution in [0.25, 0.3) is 10.2 Å². The standard InChI is InChI=1S/C21H27N5O2S2/c1-6-26(7-2)17-9-8-15(10-22-17)23-19(27)14(5)29-11-16-24-20(28)18-12(3)13(4)30-21(18)25-16/h8-10,14H,6-7,11H2,1-5H3,(H,23,27)(H,24,25,28). The molecule has 0 aliphatic rings. The molecule has 0 radical (unpaired) electrons. The van der Waals surface area contributed by atoms with Crippen LogP contribution in [0.15, 0.2) is 23.1 Å². The van der Waals surface area contributed by atoms with Gasteiger partial charge in [0.1, 0.15) is 16.5 Å². The number of aryl methyl sites for hydroxylation is 2. The number of nitrogens with one attached hydrogen (secondary N) is 2. The van der Waals surface area contributed by atoms with Crippen LogP contribution in [0.2, 0.25) is 0 Å². The number of thioether (sulfide) groups is 1. The second-order valence-electron chi connectivity index (χ2n) is 7.00. The highest BCUT2D eigenvalue weighted by Crippen LogP contribution is 2.26. The zero-order valence-electron chi connectivity index (χ0n) is 17.9. The van der Waals surface area contributed by atoms with Gasteiger partial charge in [0.25, 0.3) is 5.56 Å². The summed E-state index contributed by atoms with van der Waals surface area (Å²) >= 11 is 2.96. The molecule has 1 unspecified atom stereocenters. The molecular formula is C21H27N5O2S2. The molecule has 1 amide bonds. The fourth-order valence-electron chi connectivity index (χ4n) is 3.09. The third-order valence-electron chi connectivity index (χ3n) is 5.03. The molecule has 3 aromatic heterocycles. The fraction of sp³-hybridized carbons (Fsp3) is 0.429. The molecule has 3 aromatic rings. The van der Waals surface area contributed by atoms with Crippen molar-refractivity contribution in [1.29, 1.82) is 0 Å². The molecule has 0 aliphatic carbocycles. The van der Waals surface area contributed by atoms with Crippen molar-refractivity contribution in [3.05, 3.63) is 44.9 Å². The lowest BCUT2D eigenvalue weighted by Gasteiger charge is -2.19. The first-order chi connectivity index (χ1) is 14.3. The van der Waals surface area contributed by atoms with E-state index in [0.29, 0.717) is 22.7 Å². The second kappa shape index (κ2) is 9.61. The highest BCUT2D eigenvalue weighted by Gasteiger charge is 2.16. The Morgan fingerprint density at radius 2 is 2.03 bits per heavy atom. The quantitative estimate of drug-likeness (QED) is 0.542. The molecule has 0 aliphatic heterocycles. The van der Waals surface area contributed by atoms with E-state index < -0.39 is 0 Å². The van der Waals surface area contributed by atoms with Gasteiger partial charge in [-0.05, 0) is 52.3 Å². The Labute approximate surface area is 184 Å². The summed E-state index contributed by atoms with van der Waals surface area (Å²) in [7, 11) is 0. The average Bonchev–Trinajstić information content (AvgIpc) is 3.02. The fourth-order valence-corrected chi connectivity index (χ4v) is 4.89. The van der Waals surface area contributed by atoms with Crippen molar-refractivity contribution in [3.8, 4) is 0 Å². The maximum absolute atomic E-state index is 12.5. The minimum absolute atomic E-state index is 0.108. The van der Waals surface area contributed by atoms with Gasteiger partial charge >= 0.3 is 0 Å². The van der Waals surface area contributed by atoms with Gasteiger partial charge < -0.3 is 15.2 Å². The lowest BCUT2D eigenvalue weighted by Crippen LogP contribution is -2.24. The topological polar surface area (TPSA) is 91.0 Å². The Kier molecular flexibility index (Phi) is 7.14. The SMILES string of the molecule is CCN(CC)c1ccc(NC(=O)C(C)SCc2nc3sc(C)c(C)c3c(=O)[nH]2)cn1. The summed E-state index contributed by atoms with van der Waals surface area (Å²) in [5.41, 5.74) is 1.53. The van der Waals surface area contributed by atoms with Crippen molar-refractivity contribution >= 4 is 50.7 Å². The van der Waals surface area contributed by atoms with E-state index in [4.69, 9.17) is 0 Å². The van der Waals surface area contributed by atoms with Gasteiger partial charge in [0.2, 0.25) is 5.91 Å². The summed E-state index contributed by atoms with van der Waals surface area (Å²) in [6.45, 7) is 11.7. The van der Waals surface area contributed by atoms with E-state index in [2.05, 4.69) is 39.0 Å². The van der Waals surface area contributed by atoms with Gasteiger partial charge in [0.05, 0.1) is 28.3 Å². The predicted molar refractivity (Wildman–Crippen MR) is 127 cm³/mol. The number of carbonyl (C=O) groups is 1. The normalized spacial score (nSPS) is 12.2. The van der Waals surface area contributed by atoms with Gasteiger partial charge in [0.15, 0.2) is 0 Å². The molecule has 30 heavy (non-hydrogen) atoms. The number of nitrogens with zero attached hydrogens (tertiary/aromatic N) is 3. The maximum Gasteiger partial charge on any atom is 0.259 e. The van der Waals surface area contributed by atoms with E-state index in [1.807, 2.05) is 32.9 Å². The lowest BCUT2D eigenvalue weighted by atomic mass is 10.2. The van der Waals surface area contributed by atoms with Gasteiger partial charge in [-0.1, -0.05) is 0 Å². The Balaban J connectivity index is 1.61. The van der Waals surface area contributed by atoms with E-state index in [1.54, 1.807) is 6.20 Å². The van der Waals surface area contributed by atoms with Gasteiger partial charge in [-0.15, -0.1) is 23.1 Å². The average molecular weight is 446 g/mol. The van der Waals surface area contributed by atoms with Crippen LogP contribution in [0.4, 0.5) is 11.5 Å². The number of aromatic amines is 1. The Morgan fingerprint density at radius 1 is 1.30 bits per heavy atom. The molecule has 0 saturated heterocycles. The molecule has 0 bridgehead atoms. The number of fused-ring (bicyclic) bond motifs is 1.